The third-order valence-corrected chi connectivity index (χ3v) is 14.9. The van der Waals surface area contributed by atoms with Crippen LogP contribution in [0.1, 0.15) is 111 Å². The molecule has 3 saturated heterocycles. The average molecular weight is 994 g/mol. The number of likely N-dealkylation sites (tertiary alicyclic amines) is 2. The summed E-state index contributed by atoms with van der Waals surface area (Å²) in [5.41, 5.74) is 7.87. The molecule has 1 aliphatic carbocycles. The fourth-order valence-electron chi connectivity index (χ4n) is 10.9. The maximum absolute atomic E-state index is 13.7. The number of nitrogens with one attached hydrogen (secondary N) is 5. The predicted octanol–water partition coefficient (Wildman–Crippen LogP) is 9.34. The Morgan fingerprint density at radius 1 is 0.527 bits per heavy atom. The molecule has 0 radical (unpaired) electrons. The van der Waals surface area contributed by atoms with Gasteiger partial charge >= 0.3 is 0 Å². The summed E-state index contributed by atoms with van der Waals surface area (Å²) in [5, 5.41) is 15.6. The summed E-state index contributed by atoms with van der Waals surface area (Å²) in [6.07, 6.45) is 17.1. The Labute approximate surface area is 434 Å². The molecule has 0 bridgehead atoms. The highest BCUT2D eigenvalue weighted by atomic mass is 16.2. The summed E-state index contributed by atoms with van der Waals surface area (Å²) < 4.78 is 0. The van der Waals surface area contributed by atoms with Crippen LogP contribution in [0.15, 0.2) is 133 Å². The Morgan fingerprint density at radius 2 is 1.03 bits per heavy atom. The van der Waals surface area contributed by atoms with Gasteiger partial charge in [0.1, 0.15) is 12.1 Å². The van der Waals surface area contributed by atoms with Crippen LogP contribution in [-0.2, 0) is 41.6 Å². The molecular weight excluding hydrogens is 927 g/mol. The standard InChI is InChI=1S/C61H67N7O6/c1-41(69)62-49-26-18-42(19-27-49)14-15-44-22-32-52(33-23-44)65-61(74)56-13-7-37-68(56)58(71)40-47-10-5-11-48(38-47)53-34-35-54(66-53)59(72)63-50-28-20-43(21-29-50)16-17-45-24-30-51(31-25-45)64-60(73)55-12-6-36-67(55)57(70)39-46-8-3-2-4-9-46/h2-5,8-11,14-17,20-25,28-33,38,42,49,53-56,66H,6-7,12-13,18-19,26-27,34-37,39-40H2,1H3,(H,62,69)(H,63,72)(H,64,73)(H,65,74)/b15-14+,17-16+/t42?,49?,53?,54-,55-,56-/m0/s1. The fourth-order valence-corrected chi connectivity index (χ4v) is 10.9. The van der Waals surface area contributed by atoms with E-state index in [0.29, 0.717) is 55.3 Å². The zero-order chi connectivity index (χ0) is 51.4. The number of nitrogens with zero attached hydrogens (tertiary/aromatic N) is 2. The van der Waals surface area contributed by atoms with Gasteiger partial charge in [0.05, 0.1) is 18.9 Å². The van der Waals surface area contributed by atoms with Crippen molar-refractivity contribution < 1.29 is 28.8 Å². The van der Waals surface area contributed by atoms with E-state index >= 15 is 0 Å². The van der Waals surface area contributed by atoms with Gasteiger partial charge in [-0.25, -0.2) is 0 Å². The lowest BCUT2D eigenvalue weighted by Crippen LogP contribution is -2.43. The summed E-state index contributed by atoms with van der Waals surface area (Å²) in [7, 11) is 0. The first-order valence-electron chi connectivity index (χ1n) is 26.3. The number of carbonyl (C=O) groups excluding carboxylic acids is 6. The number of hydrogen-bond donors (Lipinski definition) is 5. The second-order valence-electron chi connectivity index (χ2n) is 20.3. The molecule has 5 N–H and O–H groups in total. The van der Waals surface area contributed by atoms with E-state index in [4.69, 9.17) is 0 Å². The molecule has 13 nitrogen and oxygen atoms in total. The van der Waals surface area contributed by atoms with E-state index in [1.165, 1.54) is 0 Å². The number of allylic oxidation sites excluding steroid dienone is 1. The Bertz CT molecular complexity index is 2840. The minimum atomic E-state index is -0.533. The number of carbonyl (C=O) groups is 6. The van der Waals surface area contributed by atoms with Crippen molar-refractivity contribution in [3.05, 3.63) is 167 Å². The van der Waals surface area contributed by atoms with Crippen molar-refractivity contribution in [2.45, 2.75) is 114 Å². The minimum Gasteiger partial charge on any atom is -0.354 e. The molecule has 6 amide bonds. The van der Waals surface area contributed by atoms with Crippen LogP contribution in [0.5, 0.6) is 0 Å². The van der Waals surface area contributed by atoms with Gasteiger partial charge in [-0.1, -0.05) is 115 Å². The smallest absolute Gasteiger partial charge is 0.247 e. The van der Waals surface area contributed by atoms with E-state index in [9.17, 15) is 28.8 Å². The SMILES string of the molecule is CC(=O)NC1CCC(/C=C/c2ccc(NC(=O)[C@@H]3CCCN3C(=O)Cc3cccc(C4CC[C@@H](C(=O)Nc5ccc(/C=C/c6ccc(NC(=O)[C@@H]7CCCN7C(=O)Cc7ccccc7)cc6)cc5)N4)c3)cc2)CC1. The summed E-state index contributed by atoms with van der Waals surface area (Å²) >= 11 is 0. The largest absolute Gasteiger partial charge is 0.354 e. The summed E-state index contributed by atoms with van der Waals surface area (Å²) in [6, 6.07) is 39.5. The predicted molar refractivity (Wildman–Crippen MR) is 291 cm³/mol. The van der Waals surface area contributed by atoms with Gasteiger partial charge in [-0.3, -0.25) is 34.1 Å². The zero-order valence-corrected chi connectivity index (χ0v) is 42.1. The third kappa shape index (κ3) is 13.7. The van der Waals surface area contributed by atoms with Gasteiger partial charge < -0.3 is 31.1 Å². The Balaban J connectivity index is 0.699. The second-order valence-corrected chi connectivity index (χ2v) is 20.3. The monoisotopic (exact) mass is 994 g/mol. The van der Waals surface area contributed by atoms with Gasteiger partial charge in [-0.15, -0.1) is 0 Å². The summed E-state index contributed by atoms with van der Waals surface area (Å²) in [5.74, 6) is -0.0522. The van der Waals surface area contributed by atoms with Crippen molar-refractivity contribution in [2.75, 3.05) is 29.0 Å². The quantitative estimate of drug-likeness (QED) is 0.0614. The van der Waals surface area contributed by atoms with Crippen LogP contribution in [0.3, 0.4) is 0 Å². The topological polar surface area (TPSA) is 169 Å². The molecule has 0 aromatic heterocycles. The first-order valence-corrected chi connectivity index (χ1v) is 26.3. The van der Waals surface area contributed by atoms with E-state index in [0.717, 1.165) is 78.3 Å². The summed E-state index contributed by atoms with van der Waals surface area (Å²) in [6.45, 7) is 2.69. The zero-order valence-electron chi connectivity index (χ0n) is 42.1. The van der Waals surface area contributed by atoms with Gasteiger partial charge in [0.2, 0.25) is 35.4 Å². The average Bonchev–Trinajstić information content (AvgIpc) is 4.23. The van der Waals surface area contributed by atoms with Crippen molar-refractivity contribution in [1.29, 1.82) is 0 Å². The highest BCUT2D eigenvalue weighted by Gasteiger charge is 2.36. The first-order chi connectivity index (χ1) is 36.0. The highest BCUT2D eigenvalue weighted by Crippen LogP contribution is 2.30. The molecule has 9 rings (SSSR count). The molecule has 5 aromatic carbocycles. The van der Waals surface area contributed by atoms with Gasteiger partial charge in [-0.05, 0) is 140 Å². The summed E-state index contributed by atoms with van der Waals surface area (Å²) in [4.78, 5) is 81.7. The number of benzene rings is 5. The van der Waals surface area contributed by atoms with Crippen LogP contribution in [-0.4, -0.2) is 82.5 Å². The molecule has 5 aromatic rings. The van der Waals surface area contributed by atoms with Crippen molar-refractivity contribution in [3.8, 4) is 0 Å². The molecule has 1 saturated carbocycles. The molecule has 74 heavy (non-hydrogen) atoms. The Hall–Kier alpha value is -7.64. The van der Waals surface area contributed by atoms with Crippen LogP contribution in [0.2, 0.25) is 0 Å². The molecular formula is C61H67N7O6. The van der Waals surface area contributed by atoms with Crippen molar-refractivity contribution in [1.82, 2.24) is 20.4 Å². The van der Waals surface area contributed by atoms with Crippen LogP contribution < -0.4 is 26.6 Å². The van der Waals surface area contributed by atoms with Crippen molar-refractivity contribution in [3.63, 3.8) is 0 Å². The van der Waals surface area contributed by atoms with Gasteiger partial charge in [0, 0.05) is 49.2 Å². The Kier molecular flexibility index (Phi) is 16.9. The van der Waals surface area contributed by atoms with Crippen molar-refractivity contribution in [2.24, 2.45) is 5.92 Å². The second kappa shape index (κ2) is 24.4. The van der Waals surface area contributed by atoms with E-state index in [1.54, 1.807) is 16.7 Å². The van der Waals surface area contributed by atoms with E-state index in [2.05, 4.69) is 38.7 Å². The van der Waals surface area contributed by atoms with Crippen molar-refractivity contribution >= 4 is 70.7 Å². The van der Waals surface area contributed by atoms with Gasteiger partial charge in [0.25, 0.3) is 0 Å². The molecule has 13 heteroatoms. The molecule has 382 valence electrons. The number of amides is 6. The highest BCUT2D eigenvalue weighted by molar-refractivity contribution is 5.99. The minimum absolute atomic E-state index is 0.0324. The lowest BCUT2D eigenvalue weighted by atomic mass is 9.85. The van der Waals surface area contributed by atoms with E-state index in [1.807, 2.05) is 140 Å². The normalized spacial score (nSPS) is 21.7. The van der Waals surface area contributed by atoms with Crippen LogP contribution >= 0.6 is 0 Å². The molecule has 3 aliphatic heterocycles. The first kappa shape index (κ1) is 51.3. The Morgan fingerprint density at radius 3 is 1.57 bits per heavy atom. The lowest BCUT2D eigenvalue weighted by molar-refractivity contribution is -0.136. The van der Waals surface area contributed by atoms with E-state index < -0.39 is 12.1 Å². The molecule has 4 fully saturated rings. The van der Waals surface area contributed by atoms with Gasteiger partial charge in [0.15, 0.2) is 0 Å². The molecule has 4 aliphatic rings. The fraction of sp³-hybridized carbons (Fsp3) is 0.344. The molecule has 0 spiro atoms. The number of hydrogen-bond acceptors (Lipinski definition) is 7. The lowest BCUT2D eigenvalue weighted by Gasteiger charge is -2.27. The number of anilines is 3. The number of rotatable bonds is 16. The third-order valence-electron chi connectivity index (χ3n) is 14.9. The van der Waals surface area contributed by atoms with Crippen LogP contribution in [0.4, 0.5) is 17.1 Å². The van der Waals surface area contributed by atoms with E-state index in [-0.39, 0.29) is 66.4 Å². The molecule has 1 unspecified atom stereocenters. The van der Waals surface area contributed by atoms with Crippen LogP contribution in [0.25, 0.3) is 18.2 Å². The van der Waals surface area contributed by atoms with Crippen LogP contribution in [0, 0.1) is 5.92 Å². The maximum Gasteiger partial charge on any atom is 0.247 e. The maximum atomic E-state index is 13.7. The molecule has 3 heterocycles. The van der Waals surface area contributed by atoms with Gasteiger partial charge in [-0.2, -0.15) is 0 Å². The molecule has 4 atom stereocenters.